The quantitative estimate of drug-likeness (QED) is 0.813. The Labute approximate surface area is 108 Å². The van der Waals surface area contributed by atoms with Crippen molar-refractivity contribution in [2.75, 3.05) is 37.8 Å². The molecule has 1 heterocycles. The van der Waals surface area contributed by atoms with Gasteiger partial charge in [0.05, 0.1) is 11.4 Å². The minimum Gasteiger partial charge on any atom is -0.397 e. The van der Waals surface area contributed by atoms with Crippen molar-refractivity contribution in [1.82, 2.24) is 4.90 Å². The number of anilines is 2. The predicted octanol–water partition coefficient (Wildman–Crippen LogP) is 1.96. The highest BCUT2D eigenvalue weighted by molar-refractivity contribution is 5.96. The molecule has 1 aromatic carbocycles. The summed E-state index contributed by atoms with van der Waals surface area (Å²) in [5.41, 5.74) is 8.28. The Bertz CT molecular complexity index is 437. The second-order valence-corrected chi connectivity index (χ2v) is 5.02. The largest absolute Gasteiger partial charge is 0.397 e. The molecule has 4 heteroatoms. The minimum atomic E-state index is 0.103. The van der Waals surface area contributed by atoms with Crippen molar-refractivity contribution in [3.63, 3.8) is 0 Å². The Kier molecular flexibility index (Phi) is 3.75. The highest BCUT2D eigenvalue weighted by Gasteiger charge is 2.18. The second-order valence-electron chi connectivity index (χ2n) is 5.02. The maximum Gasteiger partial charge on any atom is 0.253 e. The highest BCUT2D eigenvalue weighted by Crippen LogP contribution is 2.23. The molecule has 0 aromatic heterocycles. The van der Waals surface area contributed by atoms with E-state index in [4.69, 9.17) is 5.73 Å². The summed E-state index contributed by atoms with van der Waals surface area (Å²) < 4.78 is 0. The fraction of sp³-hybridized carbons (Fsp3) is 0.500. The number of rotatable bonds is 2. The maximum absolute atomic E-state index is 12.3. The van der Waals surface area contributed by atoms with Crippen LogP contribution >= 0.6 is 0 Å². The smallest absolute Gasteiger partial charge is 0.253 e. The van der Waals surface area contributed by atoms with Crippen LogP contribution in [0.2, 0.25) is 0 Å². The van der Waals surface area contributed by atoms with Crippen LogP contribution < -0.4 is 10.6 Å². The van der Waals surface area contributed by atoms with Crippen molar-refractivity contribution in [1.29, 1.82) is 0 Å². The number of piperidine rings is 1. The van der Waals surface area contributed by atoms with Gasteiger partial charge in [-0.15, -0.1) is 0 Å². The van der Waals surface area contributed by atoms with E-state index in [1.54, 1.807) is 6.07 Å². The minimum absolute atomic E-state index is 0.103. The van der Waals surface area contributed by atoms with E-state index < -0.39 is 0 Å². The van der Waals surface area contributed by atoms with E-state index in [1.807, 2.05) is 36.0 Å². The molecule has 1 saturated heterocycles. The standard InChI is InChI=1S/C14H21N3O/c1-16(2)13-7-6-11(10-12(13)15)14(18)17-8-4-3-5-9-17/h6-7,10H,3-5,8-9,15H2,1-2H3. The summed E-state index contributed by atoms with van der Waals surface area (Å²) in [5.74, 6) is 0.103. The average Bonchev–Trinajstić information content (AvgIpc) is 2.38. The molecule has 18 heavy (non-hydrogen) atoms. The van der Waals surface area contributed by atoms with Gasteiger partial charge in [0.1, 0.15) is 0 Å². The van der Waals surface area contributed by atoms with Gasteiger partial charge in [0.2, 0.25) is 0 Å². The van der Waals surface area contributed by atoms with Crippen molar-refractivity contribution in [2.24, 2.45) is 0 Å². The first-order valence-corrected chi connectivity index (χ1v) is 6.45. The fourth-order valence-electron chi connectivity index (χ4n) is 2.37. The number of benzene rings is 1. The van der Waals surface area contributed by atoms with Crippen LogP contribution in [-0.2, 0) is 0 Å². The number of nitrogens with two attached hydrogens (primary N) is 1. The maximum atomic E-state index is 12.3. The van der Waals surface area contributed by atoms with Gasteiger partial charge >= 0.3 is 0 Å². The summed E-state index contributed by atoms with van der Waals surface area (Å²) in [6.07, 6.45) is 3.44. The Morgan fingerprint density at radius 3 is 2.44 bits per heavy atom. The van der Waals surface area contributed by atoms with Crippen LogP contribution in [0, 0.1) is 0 Å². The van der Waals surface area contributed by atoms with Crippen molar-refractivity contribution in [3.05, 3.63) is 23.8 Å². The van der Waals surface area contributed by atoms with Gasteiger partial charge in [-0.05, 0) is 37.5 Å². The topological polar surface area (TPSA) is 49.6 Å². The summed E-state index contributed by atoms with van der Waals surface area (Å²) in [6, 6.07) is 5.56. The van der Waals surface area contributed by atoms with Gasteiger partial charge in [-0.3, -0.25) is 4.79 Å². The molecule has 4 nitrogen and oxygen atoms in total. The van der Waals surface area contributed by atoms with Gasteiger partial charge in [0.25, 0.3) is 5.91 Å². The number of hydrogen-bond acceptors (Lipinski definition) is 3. The van der Waals surface area contributed by atoms with Crippen LogP contribution in [0.1, 0.15) is 29.6 Å². The molecule has 0 spiro atoms. The van der Waals surface area contributed by atoms with Crippen LogP contribution in [-0.4, -0.2) is 38.0 Å². The molecule has 0 saturated carbocycles. The Morgan fingerprint density at radius 2 is 1.89 bits per heavy atom. The third-order valence-electron chi connectivity index (χ3n) is 3.40. The summed E-state index contributed by atoms with van der Waals surface area (Å²) in [5, 5.41) is 0. The third kappa shape index (κ3) is 2.58. The van der Waals surface area contributed by atoms with E-state index in [-0.39, 0.29) is 5.91 Å². The average molecular weight is 247 g/mol. The molecule has 0 bridgehead atoms. The Balaban J connectivity index is 2.18. The number of carbonyl (C=O) groups excluding carboxylic acids is 1. The molecule has 0 atom stereocenters. The summed E-state index contributed by atoms with van der Waals surface area (Å²) in [4.78, 5) is 16.2. The molecule has 1 aliphatic rings. The SMILES string of the molecule is CN(C)c1ccc(C(=O)N2CCCCC2)cc1N. The van der Waals surface area contributed by atoms with Gasteiger partial charge in [-0.1, -0.05) is 0 Å². The van der Waals surface area contributed by atoms with Crippen molar-refractivity contribution < 1.29 is 4.79 Å². The number of nitrogen functional groups attached to an aromatic ring is 1. The zero-order chi connectivity index (χ0) is 13.1. The first-order valence-electron chi connectivity index (χ1n) is 6.45. The number of carbonyl (C=O) groups is 1. The first-order chi connectivity index (χ1) is 8.59. The molecule has 0 aliphatic carbocycles. The Hall–Kier alpha value is -1.71. The molecule has 1 aliphatic heterocycles. The number of hydrogen-bond donors (Lipinski definition) is 1. The van der Waals surface area contributed by atoms with Crippen LogP contribution in [0.3, 0.4) is 0 Å². The molecular weight excluding hydrogens is 226 g/mol. The Morgan fingerprint density at radius 1 is 1.22 bits per heavy atom. The molecule has 1 fully saturated rings. The molecule has 0 radical (unpaired) electrons. The van der Waals surface area contributed by atoms with E-state index in [2.05, 4.69) is 0 Å². The van der Waals surface area contributed by atoms with Crippen LogP contribution in [0.25, 0.3) is 0 Å². The van der Waals surface area contributed by atoms with E-state index in [1.165, 1.54) is 6.42 Å². The third-order valence-corrected chi connectivity index (χ3v) is 3.40. The van der Waals surface area contributed by atoms with Gasteiger partial charge < -0.3 is 15.5 Å². The monoisotopic (exact) mass is 247 g/mol. The van der Waals surface area contributed by atoms with E-state index in [0.717, 1.165) is 31.6 Å². The first kappa shape index (κ1) is 12.7. The van der Waals surface area contributed by atoms with E-state index in [0.29, 0.717) is 11.3 Å². The lowest BCUT2D eigenvalue weighted by Crippen LogP contribution is -2.35. The molecule has 0 unspecified atom stereocenters. The lowest BCUT2D eigenvalue weighted by Gasteiger charge is -2.27. The van der Waals surface area contributed by atoms with Crippen molar-refractivity contribution >= 4 is 17.3 Å². The summed E-state index contributed by atoms with van der Waals surface area (Å²) in [7, 11) is 3.88. The zero-order valence-electron chi connectivity index (χ0n) is 11.1. The molecule has 1 amide bonds. The molecule has 1 aromatic rings. The molecule has 98 valence electrons. The number of amides is 1. The fourth-order valence-corrected chi connectivity index (χ4v) is 2.37. The number of nitrogens with zero attached hydrogens (tertiary/aromatic N) is 2. The molecule has 2 rings (SSSR count). The van der Waals surface area contributed by atoms with Crippen LogP contribution in [0.5, 0.6) is 0 Å². The zero-order valence-corrected chi connectivity index (χ0v) is 11.1. The van der Waals surface area contributed by atoms with Crippen molar-refractivity contribution in [3.8, 4) is 0 Å². The van der Waals surface area contributed by atoms with Gasteiger partial charge in [-0.25, -0.2) is 0 Å². The van der Waals surface area contributed by atoms with Crippen LogP contribution in [0.15, 0.2) is 18.2 Å². The lowest BCUT2D eigenvalue weighted by atomic mass is 10.1. The predicted molar refractivity (Wildman–Crippen MR) is 74.9 cm³/mol. The normalized spacial score (nSPS) is 15.6. The molecule has 2 N–H and O–H groups in total. The van der Waals surface area contributed by atoms with Gasteiger partial charge in [-0.2, -0.15) is 0 Å². The van der Waals surface area contributed by atoms with Gasteiger partial charge in [0, 0.05) is 32.7 Å². The highest BCUT2D eigenvalue weighted by atomic mass is 16.2. The molecular formula is C14H21N3O. The van der Waals surface area contributed by atoms with E-state index >= 15 is 0 Å². The van der Waals surface area contributed by atoms with E-state index in [9.17, 15) is 4.79 Å². The van der Waals surface area contributed by atoms with Crippen molar-refractivity contribution in [2.45, 2.75) is 19.3 Å². The summed E-state index contributed by atoms with van der Waals surface area (Å²) in [6.45, 7) is 1.74. The summed E-state index contributed by atoms with van der Waals surface area (Å²) >= 11 is 0. The lowest BCUT2D eigenvalue weighted by molar-refractivity contribution is 0.0724. The second kappa shape index (κ2) is 5.29. The number of likely N-dealkylation sites (tertiary alicyclic amines) is 1. The van der Waals surface area contributed by atoms with Gasteiger partial charge in [0.15, 0.2) is 0 Å². The van der Waals surface area contributed by atoms with Crippen LogP contribution in [0.4, 0.5) is 11.4 Å².